The van der Waals surface area contributed by atoms with Gasteiger partial charge in [0.05, 0.1) is 30.6 Å². The van der Waals surface area contributed by atoms with Crippen LogP contribution >= 0.6 is 0 Å². The van der Waals surface area contributed by atoms with E-state index in [4.69, 9.17) is 19.8 Å². The Labute approximate surface area is 198 Å². The molecule has 1 N–H and O–H groups in total. The summed E-state index contributed by atoms with van der Waals surface area (Å²) in [5.74, 6) is 1.38. The molecule has 5 rings (SSSR count). The maximum absolute atomic E-state index is 11.7. The molecule has 3 aromatic heterocycles. The van der Waals surface area contributed by atoms with Crippen molar-refractivity contribution >= 4 is 22.8 Å². The average molecular weight is 460 g/mol. The Kier molecular flexibility index (Phi) is 5.79. The number of anilines is 1. The number of carbonyl (C=O) groups is 1. The van der Waals surface area contributed by atoms with Crippen LogP contribution in [0.5, 0.6) is 0 Å². The third-order valence-corrected chi connectivity index (χ3v) is 6.12. The van der Waals surface area contributed by atoms with Crippen molar-refractivity contribution in [2.45, 2.75) is 26.8 Å². The van der Waals surface area contributed by atoms with E-state index in [1.807, 2.05) is 47.6 Å². The molecule has 1 aliphatic rings. The van der Waals surface area contributed by atoms with Crippen molar-refractivity contribution in [2.75, 3.05) is 31.2 Å². The monoisotopic (exact) mass is 459 g/mol. The first-order valence-corrected chi connectivity index (χ1v) is 11.5. The average Bonchev–Trinajstić information content (AvgIpc) is 3.44. The van der Waals surface area contributed by atoms with Crippen LogP contribution in [0.25, 0.3) is 28.2 Å². The Bertz CT molecular complexity index is 1350. The minimum absolute atomic E-state index is 0.0955. The molecule has 34 heavy (non-hydrogen) atoms. The number of amides is 1. The third-order valence-electron chi connectivity index (χ3n) is 6.12. The number of nitrogens with one attached hydrogen (secondary N) is 1. The minimum atomic E-state index is -0.240. The third kappa shape index (κ3) is 4.14. The molecular weight excluding hydrogens is 430 g/mol. The Hall–Kier alpha value is -3.72. The lowest BCUT2D eigenvalue weighted by Crippen LogP contribution is -2.36. The second-order valence-electron chi connectivity index (χ2n) is 8.74. The fraction of sp³-hybridized carbons (Fsp3) is 0.360. The van der Waals surface area contributed by atoms with E-state index < -0.39 is 0 Å². The van der Waals surface area contributed by atoms with Gasteiger partial charge in [-0.25, -0.2) is 14.6 Å². The topological polar surface area (TPSA) is 90.1 Å². The van der Waals surface area contributed by atoms with Gasteiger partial charge in [-0.2, -0.15) is 5.10 Å². The Morgan fingerprint density at radius 2 is 1.94 bits per heavy atom. The Morgan fingerprint density at radius 3 is 2.68 bits per heavy atom. The zero-order valence-electron chi connectivity index (χ0n) is 19.9. The largest absolute Gasteiger partial charge is 0.378 e. The quantitative estimate of drug-likeness (QED) is 0.493. The van der Waals surface area contributed by atoms with Crippen LogP contribution in [0.15, 0.2) is 42.6 Å². The number of ether oxygens (including phenoxy) is 1. The first kappa shape index (κ1) is 22.1. The van der Waals surface area contributed by atoms with E-state index in [2.05, 4.69) is 35.3 Å². The number of morpholine rings is 1. The smallest absolute Gasteiger partial charge is 0.217 e. The number of hydrogen-bond donors (Lipinski definition) is 1. The van der Waals surface area contributed by atoms with Crippen molar-refractivity contribution in [3.8, 4) is 17.1 Å². The summed E-state index contributed by atoms with van der Waals surface area (Å²) in [7, 11) is 1.93. The van der Waals surface area contributed by atoms with Crippen LogP contribution in [0.1, 0.15) is 31.3 Å². The molecule has 0 aliphatic carbocycles. The molecule has 0 bridgehead atoms. The highest BCUT2D eigenvalue weighted by Gasteiger charge is 2.23. The fourth-order valence-corrected chi connectivity index (χ4v) is 4.47. The molecule has 1 saturated heterocycles. The Balaban J connectivity index is 1.62. The van der Waals surface area contributed by atoms with E-state index in [1.165, 1.54) is 12.5 Å². The summed E-state index contributed by atoms with van der Waals surface area (Å²) in [6.07, 6.45) is 1.94. The number of carbonyl (C=O) groups excluding carboxylic acids is 1. The van der Waals surface area contributed by atoms with Gasteiger partial charge in [0.25, 0.3) is 0 Å². The van der Waals surface area contributed by atoms with Crippen molar-refractivity contribution in [3.63, 3.8) is 0 Å². The van der Waals surface area contributed by atoms with Gasteiger partial charge in [-0.3, -0.25) is 4.79 Å². The first-order chi connectivity index (χ1) is 16.4. The molecule has 0 saturated carbocycles. The normalized spacial score (nSPS) is 15.0. The summed E-state index contributed by atoms with van der Waals surface area (Å²) in [6.45, 7) is 8.41. The summed E-state index contributed by atoms with van der Waals surface area (Å²) in [5.41, 5.74) is 5.71. The van der Waals surface area contributed by atoms with Crippen molar-refractivity contribution in [1.29, 1.82) is 0 Å². The van der Waals surface area contributed by atoms with Crippen LogP contribution in [0.4, 0.5) is 5.69 Å². The van der Waals surface area contributed by atoms with Gasteiger partial charge in [-0.15, -0.1) is 0 Å². The molecule has 1 aliphatic heterocycles. The predicted octanol–water partition coefficient (Wildman–Crippen LogP) is 3.16. The highest BCUT2D eigenvalue weighted by molar-refractivity contribution is 5.88. The Morgan fingerprint density at radius 1 is 1.15 bits per heavy atom. The van der Waals surface area contributed by atoms with Gasteiger partial charge in [-0.1, -0.05) is 23.8 Å². The fourth-order valence-electron chi connectivity index (χ4n) is 4.47. The number of nitrogens with zero attached hydrogens (tertiary/aromatic N) is 6. The number of hydrogen-bond acceptors (Lipinski definition) is 6. The molecule has 4 aromatic rings. The van der Waals surface area contributed by atoms with Crippen LogP contribution in [-0.4, -0.2) is 56.5 Å². The number of benzene rings is 1. The van der Waals surface area contributed by atoms with Gasteiger partial charge < -0.3 is 19.5 Å². The number of aryl methyl sites for hydroxylation is 2. The van der Waals surface area contributed by atoms with E-state index in [0.29, 0.717) is 13.2 Å². The molecule has 9 heteroatoms. The van der Waals surface area contributed by atoms with Gasteiger partial charge >= 0.3 is 0 Å². The molecule has 4 heterocycles. The molecule has 1 aromatic carbocycles. The van der Waals surface area contributed by atoms with E-state index in [-0.39, 0.29) is 11.9 Å². The summed E-state index contributed by atoms with van der Waals surface area (Å²) >= 11 is 0. The van der Waals surface area contributed by atoms with Crippen LogP contribution < -0.4 is 10.2 Å². The van der Waals surface area contributed by atoms with Crippen LogP contribution in [0.3, 0.4) is 0 Å². The lowest BCUT2D eigenvalue weighted by atomic mass is 10.1. The van der Waals surface area contributed by atoms with Crippen molar-refractivity contribution in [1.82, 2.24) is 29.6 Å². The van der Waals surface area contributed by atoms with Crippen LogP contribution in [0.2, 0.25) is 0 Å². The molecule has 9 nitrogen and oxygen atoms in total. The molecule has 1 fully saturated rings. The predicted molar refractivity (Wildman–Crippen MR) is 131 cm³/mol. The highest BCUT2D eigenvalue weighted by Crippen LogP contribution is 2.30. The molecule has 1 amide bonds. The molecular formula is C25H29N7O2. The van der Waals surface area contributed by atoms with Crippen LogP contribution in [-0.2, 0) is 16.6 Å². The number of imidazole rings is 1. The standard InChI is InChI=1S/C25H29N7O2/c1-16-6-5-7-19(14-16)20-8-9-32(29-20)22-15-21(31-10-12-34-13-11-31)23-25(27-22)30(4)24(28-23)17(2)26-18(3)33/h5-9,14-15,17H,10-13H2,1-4H3,(H,26,33)/t17-/m1/s1. The van der Waals surface area contributed by atoms with E-state index >= 15 is 0 Å². The molecule has 0 radical (unpaired) electrons. The molecule has 176 valence electrons. The number of pyridine rings is 1. The van der Waals surface area contributed by atoms with Gasteiger partial charge in [0.15, 0.2) is 11.5 Å². The van der Waals surface area contributed by atoms with Crippen molar-refractivity contribution in [3.05, 3.63) is 54.0 Å². The van der Waals surface area contributed by atoms with Gasteiger partial charge in [0.1, 0.15) is 11.3 Å². The lowest BCUT2D eigenvalue weighted by Gasteiger charge is -2.29. The second kappa shape index (κ2) is 8.90. The maximum atomic E-state index is 11.7. The van der Waals surface area contributed by atoms with Crippen LogP contribution in [0, 0.1) is 6.92 Å². The van der Waals surface area contributed by atoms with Crippen molar-refractivity contribution < 1.29 is 9.53 Å². The highest BCUT2D eigenvalue weighted by atomic mass is 16.5. The maximum Gasteiger partial charge on any atom is 0.217 e. The van der Waals surface area contributed by atoms with Gasteiger partial charge in [0, 0.05) is 44.9 Å². The van der Waals surface area contributed by atoms with E-state index in [9.17, 15) is 4.79 Å². The SMILES string of the molecule is CC(=O)N[C@H](C)c1nc2c(N3CCOCC3)cc(-n3ccc(-c4cccc(C)c4)n3)nc2n1C. The first-order valence-electron chi connectivity index (χ1n) is 11.5. The zero-order valence-corrected chi connectivity index (χ0v) is 19.9. The molecule has 0 unspecified atom stereocenters. The summed E-state index contributed by atoms with van der Waals surface area (Å²) in [5, 5.41) is 7.75. The van der Waals surface area contributed by atoms with Gasteiger partial charge in [0.2, 0.25) is 5.91 Å². The summed E-state index contributed by atoms with van der Waals surface area (Å²) < 4.78 is 9.34. The molecule has 0 spiro atoms. The van der Waals surface area contributed by atoms with E-state index in [0.717, 1.165) is 52.8 Å². The lowest BCUT2D eigenvalue weighted by molar-refractivity contribution is -0.119. The number of rotatable bonds is 5. The number of aromatic nitrogens is 5. The number of fused-ring (bicyclic) bond motifs is 1. The van der Waals surface area contributed by atoms with Crippen molar-refractivity contribution in [2.24, 2.45) is 7.05 Å². The van der Waals surface area contributed by atoms with Gasteiger partial charge in [-0.05, 0) is 26.0 Å². The summed E-state index contributed by atoms with van der Waals surface area (Å²) in [6, 6.07) is 12.1. The molecule has 1 atom stereocenters. The summed E-state index contributed by atoms with van der Waals surface area (Å²) in [4.78, 5) is 23.8. The minimum Gasteiger partial charge on any atom is -0.378 e. The van der Waals surface area contributed by atoms with E-state index in [1.54, 1.807) is 0 Å². The zero-order chi connectivity index (χ0) is 23.8. The second-order valence-corrected chi connectivity index (χ2v) is 8.74.